The first-order valence-electron chi connectivity index (χ1n) is 3.42. The lowest BCUT2D eigenvalue weighted by atomic mass is 10.2. The normalized spacial score (nSPS) is 12.1. The van der Waals surface area contributed by atoms with Gasteiger partial charge in [-0.15, -0.1) is 0 Å². The minimum Gasteiger partial charge on any atom is -0.398 e. The number of pyridine rings is 1. The van der Waals surface area contributed by atoms with Crippen molar-refractivity contribution < 1.29 is 17.2 Å². The molecule has 1 rings (SSSR count). The first kappa shape index (κ1) is 12.8. The van der Waals surface area contributed by atoms with E-state index in [1.807, 2.05) is 0 Å². The van der Waals surface area contributed by atoms with E-state index in [-0.39, 0.29) is 9.39 Å². The highest BCUT2D eigenvalue weighted by Gasteiger charge is 2.21. The van der Waals surface area contributed by atoms with Crippen LogP contribution in [0, 0.1) is 3.70 Å². The molecule has 0 fully saturated rings. The number of hydrogen-bond donors (Lipinski definition) is 1. The van der Waals surface area contributed by atoms with E-state index < -0.39 is 26.1 Å². The molecule has 84 valence electrons. The molecule has 9 heteroatoms. The molecule has 0 atom stereocenters. The van der Waals surface area contributed by atoms with E-state index in [2.05, 4.69) is 4.98 Å². The van der Waals surface area contributed by atoms with Crippen LogP contribution in [0.1, 0.15) is 12.0 Å². The summed E-state index contributed by atoms with van der Waals surface area (Å²) in [4.78, 5) is 3.43. The van der Waals surface area contributed by atoms with Gasteiger partial charge in [0.1, 0.15) is 3.70 Å². The predicted molar refractivity (Wildman–Crippen MR) is 59.4 cm³/mol. The minimum atomic E-state index is -4.06. The zero-order chi connectivity index (χ0) is 11.8. The summed E-state index contributed by atoms with van der Waals surface area (Å²) >= 11 is 1.47. The number of rotatable bonds is 2. The topological polar surface area (TPSA) is 73.1 Å². The summed E-state index contributed by atoms with van der Waals surface area (Å²) in [5.41, 5.74) is 4.44. The van der Waals surface area contributed by atoms with Crippen LogP contribution < -0.4 is 5.73 Å². The average molecular weight is 369 g/mol. The SMILES string of the molecule is Nc1cc(S(=O)(=O)Cl)nc(I)c1C(F)F. The van der Waals surface area contributed by atoms with Crippen LogP contribution in [0.3, 0.4) is 0 Å². The van der Waals surface area contributed by atoms with Crippen molar-refractivity contribution in [1.29, 1.82) is 0 Å². The molecule has 1 aromatic heterocycles. The highest BCUT2D eigenvalue weighted by molar-refractivity contribution is 14.1. The molecule has 0 radical (unpaired) electrons. The van der Waals surface area contributed by atoms with Gasteiger partial charge in [0.2, 0.25) is 0 Å². The van der Waals surface area contributed by atoms with E-state index in [9.17, 15) is 17.2 Å². The maximum atomic E-state index is 12.4. The van der Waals surface area contributed by atoms with E-state index in [0.717, 1.165) is 6.07 Å². The number of aromatic nitrogens is 1. The Labute approximate surface area is 102 Å². The fourth-order valence-corrected chi connectivity index (χ4v) is 2.54. The first-order chi connectivity index (χ1) is 6.73. The zero-order valence-corrected chi connectivity index (χ0v) is 10.6. The minimum absolute atomic E-state index is 0.179. The van der Waals surface area contributed by atoms with Gasteiger partial charge in [-0.25, -0.2) is 22.2 Å². The number of halogens is 4. The van der Waals surface area contributed by atoms with Crippen molar-refractivity contribution in [3.05, 3.63) is 15.3 Å². The largest absolute Gasteiger partial charge is 0.398 e. The summed E-state index contributed by atoms with van der Waals surface area (Å²) in [6, 6.07) is 0.811. The number of hydrogen-bond acceptors (Lipinski definition) is 4. The molecule has 0 amide bonds. The summed E-state index contributed by atoms with van der Waals surface area (Å²) in [5, 5.41) is -0.532. The van der Waals surface area contributed by atoms with E-state index in [1.165, 1.54) is 22.6 Å². The average Bonchev–Trinajstić information content (AvgIpc) is 1.99. The van der Waals surface area contributed by atoms with Crippen molar-refractivity contribution in [2.45, 2.75) is 11.5 Å². The lowest BCUT2D eigenvalue weighted by Crippen LogP contribution is -2.05. The summed E-state index contributed by atoms with van der Waals surface area (Å²) < 4.78 is 46.4. The van der Waals surface area contributed by atoms with Crippen molar-refractivity contribution in [2.75, 3.05) is 5.73 Å². The molecule has 2 N–H and O–H groups in total. The second-order valence-electron chi connectivity index (χ2n) is 2.49. The van der Waals surface area contributed by atoms with Gasteiger partial charge >= 0.3 is 0 Å². The van der Waals surface area contributed by atoms with Gasteiger partial charge in [-0.1, -0.05) is 0 Å². The van der Waals surface area contributed by atoms with Gasteiger partial charge in [0.25, 0.3) is 15.5 Å². The molecule has 1 aromatic rings. The van der Waals surface area contributed by atoms with Gasteiger partial charge in [0, 0.05) is 22.4 Å². The third-order valence-corrected chi connectivity index (χ3v) is 3.49. The maximum Gasteiger partial charge on any atom is 0.278 e. The first-order valence-corrected chi connectivity index (χ1v) is 6.81. The van der Waals surface area contributed by atoms with Crippen molar-refractivity contribution in [3.8, 4) is 0 Å². The van der Waals surface area contributed by atoms with Crippen LogP contribution in [0.2, 0.25) is 0 Å². The summed E-state index contributed by atoms with van der Waals surface area (Å²) in [5.74, 6) is 0. The van der Waals surface area contributed by atoms with Gasteiger partial charge < -0.3 is 5.73 Å². The van der Waals surface area contributed by atoms with Gasteiger partial charge in [0.15, 0.2) is 5.03 Å². The Kier molecular flexibility index (Phi) is 3.71. The summed E-state index contributed by atoms with van der Waals surface area (Å²) in [7, 11) is 0.939. The number of nitrogen functional groups attached to an aromatic ring is 1. The van der Waals surface area contributed by atoms with Crippen LogP contribution in [0.25, 0.3) is 0 Å². The highest BCUT2D eigenvalue weighted by Crippen LogP contribution is 2.30. The molecular formula is C6H4ClF2IN2O2S. The Morgan fingerprint density at radius 3 is 2.40 bits per heavy atom. The fourth-order valence-electron chi connectivity index (χ4n) is 0.860. The molecule has 0 bridgehead atoms. The Hall–Kier alpha value is -0.220. The third-order valence-electron chi connectivity index (χ3n) is 1.49. The number of anilines is 1. The fraction of sp³-hybridized carbons (Fsp3) is 0.167. The zero-order valence-electron chi connectivity index (χ0n) is 6.92. The number of nitrogens with two attached hydrogens (primary N) is 1. The number of nitrogens with zero attached hydrogens (tertiary/aromatic N) is 1. The molecule has 0 spiro atoms. The third kappa shape index (κ3) is 2.88. The van der Waals surface area contributed by atoms with E-state index in [4.69, 9.17) is 16.4 Å². The van der Waals surface area contributed by atoms with Gasteiger partial charge in [-0.3, -0.25) is 0 Å². The lowest BCUT2D eigenvalue weighted by Gasteiger charge is -2.07. The van der Waals surface area contributed by atoms with E-state index in [1.54, 1.807) is 0 Å². The second kappa shape index (κ2) is 4.34. The molecular weight excluding hydrogens is 364 g/mol. The van der Waals surface area contributed by atoms with Gasteiger partial charge in [-0.2, -0.15) is 0 Å². The van der Waals surface area contributed by atoms with Crippen LogP contribution in [0.15, 0.2) is 11.1 Å². The molecule has 0 aliphatic rings. The highest BCUT2D eigenvalue weighted by atomic mass is 127. The van der Waals surface area contributed by atoms with E-state index in [0.29, 0.717) is 0 Å². The van der Waals surface area contributed by atoms with Gasteiger partial charge in [-0.05, 0) is 22.6 Å². The van der Waals surface area contributed by atoms with Gasteiger partial charge in [0.05, 0.1) is 5.56 Å². The van der Waals surface area contributed by atoms with E-state index >= 15 is 0 Å². The van der Waals surface area contributed by atoms with Crippen molar-refractivity contribution in [1.82, 2.24) is 4.98 Å². The smallest absolute Gasteiger partial charge is 0.278 e. The molecule has 0 aliphatic carbocycles. The second-order valence-corrected chi connectivity index (χ2v) is 6.03. The Balaban J connectivity index is 3.45. The van der Waals surface area contributed by atoms with Crippen LogP contribution in [0.5, 0.6) is 0 Å². The molecule has 0 aliphatic heterocycles. The molecule has 15 heavy (non-hydrogen) atoms. The van der Waals surface area contributed by atoms with Crippen molar-refractivity contribution >= 4 is 48.0 Å². The Morgan fingerprint density at radius 2 is 2.07 bits per heavy atom. The Morgan fingerprint density at radius 1 is 1.53 bits per heavy atom. The molecule has 0 aromatic carbocycles. The number of alkyl halides is 2. The van der Waals surface area contributed by atoms with Crippen molar-refractivity contribution in [3.63, 3.8) is 0 Å². The Bertz CT molecular complexity index is 471. The monoisotopic (exact) mass is 368 g/mol. The lowest BCUT2D eigenvalue weighted by molar-refractivity contribution is 0.150. The molecule has 0 unspecified atom stereocenters. The standard InChI is InChI=1S/C6H4ClF2IN2O2S/c7-15(13,14)3-1-2(11)4(5(8)9)6(10)12-3/h1,5H,(H2,11,12). The quantitative estimate of drug-likeness (QED) is 0.493. The van der Waals surface area contributed by atoms with Crippen LogP contribution in [-0.2, 0) is 9.05 Å². The predicted octanol–water partition coefficient (Wildman–Crippen LogP) is 2.13. The van der Waals surface area contributed by atoms with Crippen molar-refractivity contribution in [2.24, 2.45) is 0 Å². The summed E-state index contributed by atoms with van der Waals surface area (Å²) in [6.45, 7) is 0. The molecule has 0 saturated carbocycles. The van der Waals surface area contributed by atoms with Crippen LogP contribution in [-0.4, -0.2) is 13.4 Å². The summed E-state index contributed by atoms with van der Waals surface area (Å²) in [6.07, 6.45) is -2.81. The van der Waals surface area contributed by atoms with Crippen LogP contribution >= 0.6 is 33.3 Å². The maximum absolute atomic E-state index is 12.4. The molecule has 0 saturated heterocycles. The molecule has 4 nitrogen and oxygen atoms in total. The van der Waals surface area contributed by atoms with Crippen LogP contribution in [0.4, 0.5) is 14.5 Å². The molecule has 1 heterocycles.